The smallest absolute Gasteiger partial charge is 0.338 e. The van der Waals surface area contributed by atoms with Gasteiger partial charge in [-0.05, 0) is 56.5 Å². The summed E-state index contributed by atoms with van der Waals surface area (Å²) >= 11 is 1.26. The highest BCUT2D eigenvalue weighted by Crippen LogP contribution is 2.26. The number of nitrogens with zero attached hydrogens (tertiary/aromatic N) is 3. The minimum atomic E-state index is -0.421. The number of esters is 1. The van der Waals surface area contributed by atoms with Crippen molar-refractivity contribution >= 4 is 35.2 Å². The summed E-state index contributed by atoms with van der Waals surface area (Å²) in [6.45, 7) is 10.8. The second-order valence-corrected chi connectivity index (χ2v) is 10.1. The molecule has 0 aliphatic heterocycles. The highest BCUT2D eigenvalue weighted by Gasteiger charge is 2.26. The van der Waals surface area contributed by atoms with E-state index in [0.29, 0.717) is 40.9 Å². The van der Waals surface area contributed by atoms with E-state index in [1.807, 2.05) is 51.3 Å². The van der Waals surface area contributed by atoms with E-state index in [9.17, 15) is 14.4 Å². The monoisotopic (exact) mass is 537 g/mol. The molecular formula is C28H35N5O4S. The highest BCUT2D eigenvalue weighted by atomic mass is 32.2. The number of aromatic nitrogens is 3. The fraction of sp³-hybridized carbons (Fsp3) is 0.393. The average molecular weight is 538 g/mol. The molecule has 0 radical (unpaired) electrons. The predicted molar refractivity (Wildman–Crippen MR) is 148 cm³/mol. The third kappa shape index (κ3) is 7.67. The first-order chi connectivity index (χ1) is 18.2. The van der Waals surface area contributed by atoms with E-state index in [-0.39, 0.29) is 29.5 Å². The van der Waals surface area contributed by atoms with Gasteiger partial charge in [-0.25, -0.2) is 4.79 Å². The number of anilines is 1. The fourth-order valence-electron chi connectivity index (χ4n) is 3.72. The van der Waals surface area contributed by atoms with E-state index in [1.54, 1.807) is 36.4 Å². The zero-order valence-electron chi connectivity index (χ0n) is 22.5. The molecule has 2 N–H and O–H groups in total. The molecule has 202 valence electrons. The summed E-state index contributed by atoms with van der Waals surface area (Å²) in [6, 6.07) is 13.7. The first-order valence-corrected chi connectivity index (χ1v) is 13.7. The van der Waals surface area contributed by atoms with Crippen LogP contribution in [0.3, 0.4) is 0 Å². The SMILES string of the molecule is CCCOC(=O)c1cccc(NC(=O)CSc2nnc([C@H](NC(=O)c3ccc(C)cc3)C(C)C)n2CC)c1. The molecule has 10 heteroatoms. The fourth-order valence-corrected chi connectivity index (χ4v) is 4.53. The third-order valence-corrected chi connectivity index (χ3v) is 6.73. The van der Waals surface area contributed by atoms with Crippen LogP contribution in [0.2, 0.25) is 0 Å². The lowest BCUT2D eigenvalue weighted by Gasteiger charge is -2.22. The Hall–Kier alpha value is -3.66. The maximum atomic E-state index is 12.9. The summed E-state index contributed by atoms with van der Waals surface area (Å²) < 4.78 is 7.08. The molecule has 0 unspecified atom stereocenters. The molecule has 0 bridgehead atoms. The first kappa shape index (κ1) is 28.9. The van der Waals surface area contributed by atoms with Crippen LogP contribution in [-0.2, 0) is 16.1 Å². The molecule has 9 nitrogen and oxygen atoms in total. The van der Waals surface area contributed by atoms with Crippen molar-refractivity contribution < 1.29 is 19.1 Å². The molecule has 2 aromatic carbocycles. The number of carbonyl (C=O) groups excluding carboxylic acids is 3. The van der Waals surface area contributed by atoms with Crippen molar-refractivity contribution in [2.45, 2.75) is 58.8 Å². The molecule has 3 aromatic rings. The number of benzene rings is 2. The number of ether oxygens (including phenoxy) is 1. The van der Waals surface area contributed by atoms with Gasteiger partial charge in [0.05, 0.1) is 24.0 Å². The largest absolute Gasteiger partial charge is 0.462 e. The lowest BCUT2D eigenvalue weighted by molar-refractivity contribution is -0.113. The van der Waals surface area contributed by atoms with Gasteiger partial charge in [0.1, 0.15) is 0 Å². The molecule has 1 aromatic heterocycles. The van der Waals surface area contributed by atoms with Crippen molar-refractivity contribution in [2.24, 2.45) is 5.92 Å². The van der Waals surface area contributed by atoms with Crippen LogP contribution < -0.4 is 10.6 Å². The van der Waals surface area contributed by atoms with Crippen molar-refractivity contribution in [1.29, 1.82) is 0 Å². The van der Waals surface area contributed by atoms with Crippen molar-refractivity contribution in [3.8, 4) is 0 Å². The standard InChI is InChI=1S/C28H35N5O4S/c1-6-15-37-27(36)21-9-8-10-22(16-21)29-23(34)17-38-28-32-31-25(33(28)7-2)24(18(3)4)30-26(35)20-13-11-19(5)12-14-20/h8-14,16,18,24H,6-7,15,17H2,1-5H3,(H,29,34)(H,30,35)/t24-/m1/s1. The summed E-state index contributed by atoms with van der Waals surface area (Å²) in [5.74, 6) is -0.0290. The Balaban J connectivity index is 1.66. The molecule has 0 fully saturated rings. The molecule has 1 heterocycles. The Kier molecular flexibility index (Phi) is 10.5. The number of thioether (sulfide) groups is 1. The summed E-state index contributed by atoms with van der Waals surface area (Å²) in [5, 5.41) is 15.2. The lowest BCUT2D eigenvalue weighted by Crippen LogP contribution is -2.33. The van der Waals surface area contributed by atoms with Crippen LogP contribution in [0.15, 0.2) is 53.7 Å². The molecular weight excluding hydrogens is 502 g/mol. The van der Waals surface area contributed by atoms with E-state index < -0.39 is 5.97 Å². The van der Waals surface area contributed by atoms with Gasteiger partial charge in [0.25, 0.3) is 5.91 Å². The minimum Gasteiger partial charge on any atom is -0.462 e. The summed E-state index contributed by atoms with van der Waals surface area (Å²) in [5.41, 5.74) is 2.56. The topological polar surface area (TPSA) is 115 Å². The van der Waals surface area contributed by atoms with E-state index >= 15 is 0 Å². The van der Waals surface area contributed by atoms with Gasteiger partial charge in [0, 0.05) is 17.8 Å². The number of hydrogen-bond donors (Lipinski definition) is 2. The maximum Gasteiger partial charge on any atom is 0.338 e. The second kappa shape index (κ2) is 13.8. The molecule has 2 amide bonds. The van der Waals surface area contributed by atoms with Gasteiger partial charge >= 0.3 is 5.97 Å². The first-order valence-electron chi connectivity index (χ1n) is 12.7. The van der Waals surface area contributed by atoms with Gasteiger partial charge < -0.3 is 19.9 Å². The van der Waals surface area contributed by atoms with Crippen LogP contribution in [-0.4, -0.2) is 44.9 Å². The Morgan fingerprint density at radius 2 is 1.76 bits per heavy atom. The Morgan fingerprint density at radius 1 is 1.03 bits per heavy atom. The van der Waals surface area contributed by atoms with Crippen LogP contribution in [0.1, 0.15) is 72.3 Å². The van der Waals surface area contributed by atoms with Crippen LogP contribution in [0.4, 0.5) is 5.69 Å². The number of rotatable bonds is 12. The molecule has 0 spiro atoms. The quantitative estimate of drug-likeness (QED) is 0.246. The molecule has 0 saturated heterocycles. The average Bonchev–Trinajstić information content (AvgIpc) is 3.31. The number of aryl methyl sites for hydroxylation is 1. The minimum absolute atomic E-state index is 0.0661. The zero-order chi connectivity index (χ0) is 27.7. The Bertz CT molecular complexity index is 1260. The van der Waals surface area contributed by atoms with Gasteiger partial charge in [-0.15, -0.1) is 10.2 Å². The number of carbonyl (C=O) groups is 3. The van der Waals surface area contributed by atoms with Gasteiger partial charge in [0.15, 0.2) is 11.0 Å². The predicted octanol–water partition coefficient (Wildman–Crippen LogP) is 5.03. The normalized spacial score (nSPS) is 11.7. The number of nitrogens with one attached hydrogen (secondary N) is 2. The summed E-state index contributed by atoms with van der Waals surface area (Å²) in [4.78, 5) is 37.7. The molecule has 38 heavy (non-hydrogen) atoms. The molecule has 0 aliphatic rings. The zero-order valence-corrected chi connectivity index (χ0v) is 23.3. The van der Waals surface area contributed by atoms with Gasteiger partial charge in [-0.2, -0.15) is 0 Å². The third-order valence-electron chi connectivity index (χ3n) is 5.76. The Labute approximate surface area is 227 Å². The van der Waals surface area contributed by atoms with Gasteiger partial charge in [0.2, 0.25) is 5.91 Å². The van der Waals surface area contributed by atoms with Gasteiger partial charge in [-0.3, -0.25) is 9.59 Å². The van der Waals surface area contributed by atoms with Crippen molar-refractivity contribution in [1.82, 2.24) is 20.1 Å². The number of hydrogen-bond acceptors (Lipinski definition) is 7. The summed E-state index contributed by atoms with van der Waals surface area (Å²) in [7, 11) is 0. The van der Waals surface area contributed by atoms with Crippen molar-refractivity contribution in [3.63, 3.8) is 0 Å². The summed E-state index contributed by atoms with van der Waals surface area (Å²) in [6.07, 6.45) is 0.737. The van der Waals surface area contributed by atoms with Gasteiger partial charge in [-0.1, -0.05) is 56.3 Å². The van der Waals surface area contributed by atoms with E-state index in [2.05, 4.69) is 20.8 Å². The number of amides is 2. The maximum absolute atomic E-state index is 12.9. The molecule has 0 aliphatic carbocycles. The Morgan fingerprint density at radius 3 is 2.42 bits per heavy atom. The van der Waals surface area contributed by atoms with E-state index in [1.165, 1.54) is 11.8 Å². The lowest BCUT2D eigenvalue weighted by atomic mass is 10.0. The van der Waals surface area contributed by atoms with Crippen molar-refractivity contribution in [3.05, 3.63) is 71.0 Å². The van der Waals surface area contributed by atoms with Crippen LogP contribution in [0, 0.1) is 12.8 Å². The molecule has 3 rings (SSSR count). The van der Waals surface area contributed by atoms with E-state index in [0.717, 1.165) is 12.0 Å². The van der Waals surface area contributed by atoms with Crippen LogP contribution in [0.25, 0.3) is 0 Å². The van der Waals surface area contributed by atoms with Crippen LogP contribution >= 0.6 is 11.8 Å². The molecule has 0 saturated carbocycles. The van der Waals surface area contributed by atoms with Crippen LogP contribution in [0.5, 0.6) is 0 Å². The highest BCUT2D eigenvalue weighted by molar-refractivity contribution is 7.99. The molecule has 1 atom stereocenters. The van der Waals surface area contributed by atoms with Crippen molar-refractivity contribution in [2.75, 3.05) is 17.7 Å². The second-order valence-electron chi connectivity index (χ2n) is 9.20. The van der Waals surface area contributed by atoms with E-state index in [4.69, 9.17) is 4.74 Å².